The van der Waals surface area contributed by atoms with Gasteiger partial charge in [0.05, 0.1) is 0 Å². The van der Waals surface area contributed by atoms with Crippen molar-refractivity contribution in [3.8, 4) is 0 Å². The van der Waals surface area contributed by atoms with Gasteiger partial charge in [-0.2, -0.15) is 4.98 Å². The lowest BCUT2D eigenvalue weighted by molar-refractivity contribution is 0.634. The molecular formula is C23H28N6. The summed E-state index contributed by atoms with van der Waals surface area (Å²) in [5.74, 6) is 2.66. The summed E-state index contributed by atoms with van der Waals surface area (Å²) in [6.45, 7) is 12.0. The summed E-state index contributed by atoms with van der Waals surface area (Å²) < 4.78 is 0. The van der Waals surface area contributed by atoms with E-state index in [1.807, 2.05) is 31.3 Å². The van der Waals surface area contributed by atoms with Gasteiger partial charge in [-0.3, -0.25) is 0 Å². The van der Waals surface area contributed by atoms with Gasteiger partial charge in [0.2, 0.25) is 5.95 Å². The monoisotopic (exact) mass is 388 g/mol. The maximum absolute atomic E-state index is 4.82. The molecule has 1 aromatic carbocycles. The number of rotatable bonds is 4. The van der Waals surface area contributed by atoms with Gasteiger partial charge in [0.15, 0.2) is 0 Å². The topological polar surface area (TPSA) is 57.2 Å². The van der Waals surface area contributed by atoms with E-state index in [1.165, 1.54) is 16.7 Å². The molecule has 0 bridgehead atoms. The van der Waals surface area contributed by atoms with Crippen LogP contribution in [0.2, 0.25) is 0 Å². The molecule has 6 nitrogen and oxygen atoms in total. The van der Waals surface area contributed by atoms with Crippen LogP contribution in [0.25, 0.3) is 0 Å². The van der Waals surface area contributed by atoms with Crippen LogP contribution < -0.4 is 15.1 Å². The number of nitrogens with one attached hydrogen (secondary N) is 1. The van der Waals surface area contributed by atoms with Crippen molar-refractivity contribution in [2.45, 2.75) is 27.7 Å². The van der Waals surface area contributed by atoms with Crippen molar-refractivity contribution in [1.29, 1.82) is 0 Å². The fourth-order valence-corrected chi connectivity index (χ4v) is 3.94. The molecule has 2 aromatic heterocycles. The molecule has 0 aliphatic carbocycles. The maximum atomic E-state index is 4.82. The molecule has 4 rings (SSSR count). The highest BCUT2D eigenvalue weighted by molar-refractivity contribution is 5.66. The number of pyridine rings is 1. The molecule has 0 saturated carbocycles. The fraction of sp³-hybridized carbons (Fsp3) is 0.348. The summed E-state index contributed by atoms with van der Waals surface area (Å²) in [4.78, 5) is 18.6. The van der Waals surface area contributed by atoms with E-state index in [1.54, 1.807) is 0 Å². The average molecular weight is 389 g/mol. The largest absolute Gasteiger partial charge is 0.353 e. The molecule has 1 aliphatic rings. The van der Waals surface area contributed by atoms with Crippen molar-refractivity contribution in [2.24, 2.45) is 0 Å². The Labute approximate surface area is 172 Å². The Balaban J connectivity index is 1.51. The number of benzene rings is 1. The van der Waals surface area contributed by atoms with Gasteiger partial charge in [-0.15, -0.1) is 0 Å². The highest BCUT2D eigenvalue weighted by Gasteiger charge is 2.20. The molecule has 150 valence electrons. The molecule has 6 heteroatoms. The van der Waals surface area contributed by atoms with Crippen LogP contribution in [0.5, 0.6) is 0 Å². The zero-order valence-corrected chi connectivity index (χ0v) is 17.6. The first-order chi connectivity index (χ1) is 14.0. The second kappa shape index (κ2) is 8.07. The summed E-state index contributed by atoms with van der Waals surface area (Å²) in [6.07, 6.45) is 1.85. The molecule has 1 saturated heterocycles. The lowest BCUT2D eigenvalue weighted by Gasteiger charge is -2.35. The van der Waals surface area contributed by atoms with Crippen molar-refractivity contribution in [3.05, 3.63) is 65.0 Å². The Bertz CT molecular complexity index is 970. The van der Waals surface area contributed by atoms with E-state index in [9.17, 15) is 0 Å². The van der Waals surface area contributed by atoms with Crippen LogP contribution in [-0.2, 0) is 0 Å². The zero-order chi connectivity index (χ0) is 20.4. The van der Waals surface area contributed by atoms with Gasteiger partial charge in [0.1, 0.15) is 11.6 Å². The van der Waals surface area contributed by atoms with Gasteiger partial charge in [0.25, 0.3) is 0 Å². The van der Waals surface area contributed by atoms with E-state index >= 15 is 0 Å². The van der Waals surface area contributed by atoms with Gasteiger partial charge in [-0.1, -0.05) is 23.8 Å². The maximum Gasteiger partial charge on any atom is 0.227 e. The Hall–Kier alpha value is -3.15. The molecule has 1 fully saturated rings. The van der Waals surface area contributed by atoms with E-state index in [-0.39, 0.29) is 0 Å². The third-order valence-electron chi connectivity index (χ3n) is 5.31. The Kier molecular flexibility index (Phi) is 5.34. The van der Waals surface area contributed by atoms with Gasteiger partial charge in [0, 0.05) is 49.8 Å². The summed E-state index contributed by atoms with van der Waals surface area (Å²) in [5, 5.41) is 3.52. The zero-order valence-electron chi connectivity index (χ0n) is 17.6. The second-order valence-corrected chi connectivity index (χ2v) is 7.76. The number of aryl methyl sites for hydroxylation is 4. The van der Waals surface area contributed by atoms with Crippen LogP contribution in [0.1, 0.15) is 22.4 Å². The van der Waals surface area contributed by atoms with Gasteiger partial charge in [-0.05, 0) is 51.0 Å². The summed E-state index contributed by atoms with van der Waals surface area (Å²) in [7, 11) is 0. The average Bonchev–Trinajstić information content (AvgIpc) is 2.71. The molecular weight excluding hydrogens is 360 g/mol. The Morgan fingerprint density at radius 2 is 1.52 bits per heavy atom. The van der Waals surface area contributed by atoms with Crippen LogP contribution in [0.4, 0.5) is 23.3 Å². The van der Waals surface area contributed by atoms with Gasteiger partial charge >= 0.3 is 0 Å². The Morgan fingerprint density at radius 3 is 2.17 bits per heavy atom. The molecule has 0 atom stereocenters. The van der Waals surface area contributed by atoms with E-state index in [0.717, 1.165) is 55.1 Å². The number of nitrogens with zero attached hydrogens (tertiary/aromatic N) is 5. The lowest BCUT2D eigenvalue weighted by atomic mass is 10.1. The number of piperazine rings is 1. The van der Waals surface area contributed by atoms with Crippen LogP contribution in [-0.4, -0.2) is 41.1 Å². The first-order valence-corrected chi connectivity index (χ1v) is 10.1. The molecule has 3 aromatic rings. The van der Waals surface area contributed by atoms with Gasteiger partial charge in [-0.25, -0.2) is 9.97 Å². The highest BCUT2D eigenvalue weighted by atomic mass is 15.3. The summed E-state index contributed by atoms with van der Waals surface area (Å²) in [6, 6.07) is 12.4. The third-order valence-corrected chi connectivity index (χ3v) is 5.31. The molecule has 1 N–H and O–H groups in total. The van der Waals surface area contributed by atoms with E-state index in [0.29, 0.717) is 0 Å². The molecule has 0 spiro atoms. The number of hydrogen-bond donors (Lipinski definition) is 1. The Morgan fingerprint density at radius 1 is 0.828 bits per heavy atom. The standard InChI is InChI=1S/C23H28N6/c1-16-13-17(2)22(18(3)14-16)26-20-15-19(4)25-23(27-20)29-11-9-28(10-12-29)21-7-5-6-8-24-21/h5-8,13-15H,9-12H2,1-4H3,(H,25,26,27). The van der Waals surface area contributed by atoms with Gasteiger partial charge < -0.3 is 15.1 Å². The minimum atomic E-state index is 0.788. The molecule has 0 amide bonds. The molecule has 1 aliphatic heterocycles. The van der Waals surface area contributed by atoms with Crippen LogP contribution in [0.3, 0.4) is 0 Å². The highest BCUT2D eigenvalue weighted by Crippen LogP contribution is 2.26. The second-order valence-electron chi connectivity index (χ2n) is 7.76. The molecule has 29 heavy (non-hydrogen) atoms. The third kappa shape index (κ3) is 4.31. The SMILES string of the molecule is Cc1cc(C)c(Nc2cc(C)nc(N3CCN(c4ccccn4)CC3)n2)c(C)c1. The normalized spacial score (nSPS) is 14.2. The lowest BCUT2D eigenvalue weighted by Crippen LogP contribution is -2.47. The number of anilines is 4. The summed E-state index contributed by atoms with van der Waals surface area (Å²) in [5.41, 5.74) is 5.82. The molecule has 0 unspecified atom stereocenters. The molecule has 3 heterocycles. The van der Waals surface area contributed by atoms with Crippen molar-refractivity contribution in [3.63, 3.8) is 0 Å². The minimum absolute atomic E-state index is 0.788. The van der Waals surface area contributed by atoms with E-state index in [4.69, 9.17) is 9.97 Å². The first kappa shape index (κ1) is 19.2. The molecule has 0 radical (unpaired) electrons. The van der Waals surface area contributed by atoms with Crippen molar-refractivity contribution in [2.75, 3.05) is 41.3 Å². The quantitative estimate of drug-likeness (QED) is 0.724. The first-order valence-electron chi connectivity index (χ1n) is 10.1. The summed E-state index contributed by atoms with van der Waals surface area (Å²) >= 11 is 0. The van der Waals surface area contributed by atoms with Crippen LogP contribution >= 0.6 is 0 Å². The fourth-order valence-electron chi connectivity index (χ4n) is 3.94. The van der Waals surface area contributed by atoms with E-state index < -0.39 is 0 Å². The van der Waals surface area contributed by atoms with Crippen molar-refractivity contribution < 1.29 is 0 Å². The predicted molar refractivity (Wildman–Crippen MR) is 119 cm³/mol. The van der Waals surface area contributed by atoms with Crippen molar-refractivity contribution >= 4 is 23.3 Å². The smallest absolute Gasteiger partial charge is 0.227 e. The minimum Gasteiger partial charge on any atom is -0.353 e. The number of hydrogen-bond acceptors (Lipinski definition) is 6. The number of aromatic nitrogens is 3. The van der Waals surface area contributed by atoms with E-state index in [2.05, 4.69) is 59.1 Å². The van der Waals surface area contributed by atoms with Crippen LogP contribution in [0, 0.1) is 27.7 Å². The predicted octanol–water partition coefficient (Wildman–Crippen LogP) is 4.18. The van der Waals surface area contributed by atoms with Crippen LogP contribution in [0.15, 0.2) is 42.6 Å². The van der Waals surface area contributed by atoms with Crippen molar-refractivity contribution in [1.82, 2.24) is 15.0 Å².